The maximum atomic E-state index is 13.1. The third-order valence-corrected chi connectivity index (χ3v) is 9.80. The van der Waals surface area contributed by atoms with Gasteiger partial charge in [-0.3, -0.25) is 4.79 Å². The molecule has 1 N–H and O–H groups in total. The zero-order valence-corrected chi connectivity index (χ0v) is 22.8. The Kier molecular flexibility index (Phi) is 5.63. The van der Waals surface area contributed by atoms with Crippen molar-refractivity contribution in [1.29, 1.82) is 0 Å². The zero-order chi connectivity index (χ0) is 23.2. The lowest BCUT2D eigenvalue weighted by Gasteiger charge is -2.60. The monoisotopic (exact) mass is 607 g/mol. The molecule has 3 fully saturated rings. The molecular weight excluding hydrogens is 577 g/mol. The van der Waals surface area contributed by atoms with Gasteiger partial charge in [-0.1, -0.05) is 23.7 Å². The molecule has 0 aromatic heterocycles. The van der Waals surface area contributed by atoms with E-state index in [-0.39, 0.29) is 40.9 Å². The molecule has 1 spiro atoms. The fourth-order valence-corrected chi connectivity index (χ4v) is 7.96. The number of carbonyl (C=O) groups is 1. The van der Waals surface area contributed by atoms with E-state index in [9.17, 15) is 9.90 Å². The minimum Gasteiger partial charge on any atom is -1.00 e. The van der Waals surface area contributed by atoms with Crippen LogP contribution in [0.3, 0.4) is 0 Å². The Morgan fingerprint density at radius 2 is 2.00 bits per heavy atom. The first kappa shape index (κ1) is 23.9. The van der Waals surface area contributed by atoms with Crippen LogP contribution in [0.5, 0.6) is 17.2 Å². The molecule has 2 aliphatic heterocycles. The molecule has 35 heavy (non-hydrogen) atoms. The summed E-state index contributed by atoms with van der Waals surface area (Å²) in [5, 5.41) is 11.7. The first-order valence-corrected chi connectivity index (χ1v) is 13.1. The van der Waals surface area contributed by atoms with Crippen molar-refractivity contribution in [2.24, 2.45) is 11.8 Å². The van der Waals surface area contributed by atoms with Crippen molar-refractivity contribution in [1.82, 2.24) is 0 Å². The fraction of sp³-hybridized carbons (Fsp3) is 0.536. The Morgan fingerprint density at radius 1 is 1.23 bits per heavy atom. The van der Waals surface area contributed by atoms with E-state index in [0.717, 1.165) is 58.6 Å². The molecular formula is C28H31ClINO4. The van der Waals surface area contributed by atoms with Gasteiger partial charge in [0.2, 0.25) is 0 Å². The number of likely N-dealkylation sites (tertiary alicyclic amines) is 1. The van der Waals surface area contributed by atoms with Crippen molar-refractivity contribution in [3.8, 4) is 17.2 Å². The van der Waals surface area contributed by atoms with E-state index >= 15 is 0 Å². The van der Waals surface area contributed by atoms with Crippen molar-refractivity contribution < 1.29 is 47.8 Å². The lowest BCUT2D eigenvalue weighted by atomic mass is 9.51. The molecule has 0 radical (unpaired) electrons. The number of phenolic OH excluding ortho intramolecular Hbond substituents is 1. The van der Waals surface area contributed by atoms with Crippen LogP contribution >= 0.6 is 11.6 Å². The van der Waals surface area contributed by atoms with E-state index in [2.05, 4.69) is 7.05 Å². The summed E-state index contributed by atoms with van der Waals surface area (Å²) in [7, 11) is 2.44. The van der Waals surface area contributed by atoms with E-state index in [1.165, 1.54) is 19.4 Å². The second-order valence-electron chi connectivity index (χ2n) is 11.5. The van der Waals surface area contributed by atoms with Gasteiger partial charge < -0.3 is 43.0 Å². The second-order valence-corrected chi connectivity index (χ2v) is 11.9. The summed E-state index contributed by atoms with van der Waals surface area (Å²) in [5.74, 6) is 2.82. The van der Waals surface area contributed by atoms with E-state index in [1.54, 1.807) is 6.07 Å². The van der Waals surface area contributed by atoms with Crippen LogP contribution in [0, 0.1) is 11.8 Å². The third-order valence-electron chi connectivity index (χ3n) is 9.55. The number of phenols is 1. The molecule has 0 amide bonds. The van der Waals surface area contributed by atoms with Crippen LogP contribution in [0.4, 0.5) is 0 Å². The highest BCUT2D eigenvalue weighted by molar-refractivity contribution is 6.30. The number of aromatic hydroxyl groups is 1. The average molecular weight is 608 g/mol. The number of hydrogen-bond donors (Lipinski definition) is 1. The van der Waals surface area contributed by atoms with Gasteiger partial charge in [-0.15, -0.1) is 0 Å². The van der Waals surface area contributed by atoms with Crippen LogP contribution < -0.4 is 33.5 Å². The lowest BCUT2D eigenvalue weighted by Crippen LogP contribution is -3.00. The maximum Gasteiger partial charge on any atom is 0.174 e. The summed E-state index contributed by atoms with van der Waals surface area (Å²) in [6.45, 7) is 2.71. The predicted octanol–water partition coefficient (Wildman–Crippen LogP) is 1.79. The Labute approximate surface area is 228 Å². The molecule has 7 rings (SSSR count). The minimum atomic E-state index is -0.463. The first-order chi connectivity index (χ1) is 16.4. The number of likely N-dealkylation sites (N-methyl/N-ethyl adjacent to an activating group) is 1. The van der Waals surface area contributed by atoms with Gasteiger partial charge in [0.25, 0.3) is 0 Å². The number of halogens is 2. The van der Waals surface area contributed by atoms with E-state index in [0.29, 0.717) is 35.8 Å². The quantitative estimate of drug-likeness (QED) is 0.416. The van der Waals surface area contributed by atoms with Crippen molar-refractivity contribution in [2.45, 2.75) is 62.7 Å². The molecule has 2 heterocycles. The first-order valence-electron chi connectivity index (χ1n) is 12.7. The Balaban J connectivity index is 0.00000229. The summed E-state index contributed by atoms with van der Waals surface area (Å²) in [4.78, 5) is 13.1. The molecule has 0 unspecified atom stereocenters. The average Bonchev–Trinajstić information content (AvgIpc) is 3.55. The number of nitrogens with zero attached hydrogens (tertiary/aromatic N) is 1. The van der Waals surface area contributed by atoms with Crippen molar-refractivity contribution in [3.05, 3.63) is 52.0 Å². The van der Waals surface area contributed by atoms with Gasteiger partial charge >= 0.3 is 0 Å². The summed E-state index contributed by atoms with van der Waals surface area (Å²) in [6, 6.07) is 9.83. The maximum absolute atomic E-state index is 13.1. The molecule has 186 valence electrons. The van der Waals surface area contributed by atoms with Gasteiger partial charge in [0.1, 0.15) is 12.4 Å². The molecule has 2 bridgehead atoms. The fourth-order valence-electron chi connectivity index (χ4n) is 7.83. The molecule has 2 aromatic rings. The van der Waals surface area contributed by atoms with Crippen LogP contribution in [0.1, 0.15) is 48.8 Å². The highest BCUT2D eigenvalue weighted by Gasteiger charge is 2.69. The highest BCUT2D eigenvalue weighted by atomic mass is 127. The van der Waals surface area contributed by atoms with Crippen LogP contribution in [-0.2, 0) is 23.2 Å². The van der Waals surface area contributed by atoms with Gasteiger partial charge in [0.15, 0.2) is 23.4 Å². The van der Waals surface area contributed by atoms with Gasteiger partial charge in [0, 0.05) is 53.3 Å². The van der Waals surface area contributed by atoms with Crippen LogP contribution in [0.25, 0.3) is 0 Å². The number of benzene rings is 2. The number of carbonyl (C=O) groups excluding carboxylic acids is 1. The standard InChI is InChI=1S/C28H30ClNO4.HI/c1-30(14-16-2-3-16)11-10-28-20-8-9-22(31)27(28)34-26-23(32)13-24(19(25(26)28)12-21(20)30)33-15-17-4-6-18(29)7-5-17;/h4-7,13,16,20-21,27H,2-3,8-12,14-15H2,1H3;1H/t20-,21+,27-,28-,30+;/m0./s1. The van der Waals surface area contributed by atoms with E-state index < -0.39 is 6.10 Å². The van der Waals surface area contributed by atoms with E-state index in [1.807, 2.05) is 24.3 Å². The largest absolute Gasteiger partial charge is 1.00 e. The topological polar surface area (TPSA) is 55.8 Å². The van der Waals surface area contributed by atoms with Crippen LogP contribution in [0.15, 0.2) is 30.3 Å². The second kappa shape index (κ2) is 8.25. The van der Waals surface area contributed by atoms with Gasteiger partial charge in [0.05, 0.1) is 31.6 Å². The molecule has 1 saturated heterocycles. The summed E-state index contributed by atoms with van der Waals surface area (Å²) < 4.78 is 13.8. The molecule has 2 saturated carbocycles. The normalized spacial score (nSPS) is 34.0. The molecule has 7 heteroatoms. The predicted molar refractivity (Wildman–Crippen MR) is 128 cm³/mol. The highest BCUT2D eigenvalue weighted by Crippen LogP contribution is 2.65. The number of rotatable bonds is 5. The van der Waals surface area contributed by atoms with Crippen molar-refractivity contribution >= 4 is 17.4 Å². The number of ketones is 1. The Morgan fingerprint density at radius 3 is 2.74 bits per heavy atom. The smallest absolute Gasteiger partial charge is 0.174 e. The Bertz CT molecular complexity index is 1200. The number of hydrogen-bond acceptors (Lipinski definition) is 4. The van der Waals surface area contributed by atoms with Crippen molar-refractivity contribution in [2.75, 3.05) is 20.1 Å². The summed E-state index contributed by atoms with van der Waals surface area (Å²) in [5.41, 5.74) is 2.94. The molecule has 3 aliphatic carbocycles. The van der Waals surface area contributed by atoms with Crippen LogP contribution in [0.2, 0.25) is 5.02 Å². The SMILES string of the molecule is C[N@+]1(CC2CC2)CC[C@]23c4c5c(OCc6ccc(Cl)cc6)cc(O)c4O[C@H]2C(=O)CC[C@H]3[C@H]1C5.[I-]. The van der Waals surface area contributed by atoms with Gasteiger partial charge in [-0.2, -0.15) is 0 Å². The summed E-state index contributed by atoms with van der Waals surface area (Å²) >= 11 is 6.05. The zero-order valence-electron chi connectivity index (χ0n) is 19.9. The molecule has 2 aromatic carbocycles. The number of quaternary nitrogens is 1. The van der Waals surface area contributed by atoms with Crippen molar-refractivity contribution in [3.63, 3.8) is 0 Å². The van der Waals surface area contributed by atoms with Gasteiger partial charge in [-0.05, 0) is 37.0 Å². The number of Topliss-reactive ketones (excluding diaryl/α,β-unsaturated/α-hetero) is 1. The number of ether oxygens (including phenoxy) is 2. The molecule has 5 atom stereocenters. The number of piperidine rings is 1. The molecule has 5 aliphatic rings. The molecule has 5 nitrogen and oxygen atoms in total. The Hall–Kier alpha value is -1.51. The van der Waals surface area contributed by atoms with Crippen LogP contribution in [-0.4, -0.2) is 47.7 Å². The minimum absolute atomic E-state index is 0. The van der Waals surface area contributed by atoms with Gasteiger partial charge in [-0.25, -0.2) is 0 Å². The van der Waals surface area contributed by atoms with E-state index in [4.69, 9.17) is 21.1 Å². The third kappa shape index (κ3) is 3.46. The lowest BCUT2D eigenvalue weighted by molar-refractivity contribution is -0.946. The summed E-state index contributed by atoms with van der Waals surface area (Å²) in [6.07, 6.45) is 5.61.